The van der Waals surface area contributed by atoms with Gasteiger partial charge in [0.1, 0.15) is 5.78 Å². The van der Waals surface area contributed by atoms with E-state index in [4.69, 9.17) is 0 Å². The molecule has 0 spiro atoms. The van der Waals surface area contributed by atoms with Crippen LogP contribution in [0.1, 0.15) is 39.5 Å². The van der Waals surface area contributed by atoms with E-state index in [1.807, 2.05) is 18.2 Å². The molecule has 1 aromatic rings. The first-order valence-corrected chi connectivity index (χ1v) is 11.6. The van der Waals surface area contributed by atoms with Gasteiger partial charge in [-0.25, -0.2) is 13.1 Å². The van der Waals surface area contributed by atoms with Crippen LogP contribution in [0.5, 0.6) is 0 Å². The number of hydrogen-bond donors (Lipinski definition) is 1. The highest BCUT2D eigenvalue weighted by atomic mass is 32.2. The lowest BCUT2D eigenvalue weighted by molar-refractivity contribution is -0.128. The van der Waals surface area contributed by atoms with Gasteiger partial charge in [0.25, 0.3) is 0 Å². The van der Waals surface area contributed by atoms with E-state index < -0.39 is 15.4 Å². The molecule has 1 N–H and O–H groups in total. The summed E-state index contributed by atoms with van der Waals surface area (Å²) >= 11 is 1.73. The lowest BCUT2D eigenvalue weighted by Crippen LogP contribution is -2.45. The Morgan fingerprint density at radius 1 is 1.24 bits per heavy atom. The second-order valence-corrected chi connectivity index (χ2v) is 10.8. The van der Waals surface area contributed by atoms with Gasteiger partial charge in [-0.1, -0.05) is 32.0 Å². The van der Waals surface area contributed by atoms with E-state index in [0.29, 0.717) is 25.3 Å². The van der Waals surface area contributed by atoms with Crippen LogP contribution >= 0.6 is 11.8 Å². The molecular weight excluding hydrogens is 354 g/mol. The van der Waals surface area contributed by atoms with Gasteiger partial charge in [0.15, 0.2) is 0 Å². The number of Topliss-reactive ketones (excluding diaryl/α,β-unsaturated/α-hetero) is 1. The van der Waals surface area contributed by atoms with Crippen LogP contribution in [0.2, 0.25) is 0 Å². The maximum atomic E-state index is 12.6. The molecule has 6 heteroatoms. The van der Waals surface area contributed by atoms with Gasteiger partial charge >= 0.3 is 0 Å². The second kappa shape index (κ2) is 7.05. The van der Waals surface area contributed by atoms with Gasteiger partial charge < -0.3 is 0 Å². The number of benzene rings is 1. The number of thioether (sulfide) groups is 1. The Labute approximate surface area is 155 Å². The smallest absolute Gasteiger partial charge is 0.212 e. The number of rotatable bonds is 8. The number of carbonyl (C=O) groups excluding carboxylic acids is 1. The van der Waals surface area contributed by atoms with Crippen molar-refractivity contribution in [3.63, 3.8) is 0 Å². The first-order valence-electron chi connectivity index (χ1n) is 8.95. The first kappa shape index (κ1) is 18.9. The molecule has 0 aliphatic heterocycles. The molecule has 0 saturated heterocycles. The van der Waals surface area contributed by atoms with Crippen molar-refractivity contribution in [2.75, 3.05) is 18.1 Å². The highest BCUT2D eigenvalue weighted by Crippen LogP contribution is 2.64. The Hall–Kier alpha value is -0.850. The summed E-state index contributed by atoms with van der Waals surface area (Å²) in [4.78, 5) is 13.7. The van der Waals surface area contributed by atoms with Crippen LogP contribution in [0, 0.1) is 16.7 Å². The van der Waals surface area contributed by atoms with E-state index in [0.717, 1.165) is 18.6 Å². The number of ketones is 1. The maximum absolute atomic E-state index is 12.6. The molecule has 25 heavy (non-hydrogen) atoms. The summed E-state index contributed by atoms with van der Waals surface area (Å²) in [5, 5.41) is 0. The van der Waals surface area contributed by atoms with Gasteiger partial charge in [-0.3, -0.25) is 4.79 Å². The highest BCUT2D eigenvalue weighted by molar-refractivity contribution is 7.99. The van der Waals surface area contributed by atoms with Gasteiger partial charge in [0, 0.05) is 23.3 Å². The Morgan fingerprint density at radius 2 is 1.96 bits per heavy atom. The average Bonchev–Trinajstić information content (AvgIpc) is 2.89. The summed E-state index contributed by atoms with van der Waals surface area (Å²) in [6, 6.07) is 10.1. The Morgan fingerprint density at radius 3 is 2.56 bits per heavy atom. The standard InChI is InChI=1S/C19H27NO3S2/c1-18(2)15-9-10-19(18,17(21)13-15)14-25(22,23)20-11-6-12-24-16-7-4-3-5-8-16/h3-5,7-8,15,20H,6,9-14H2,1-2H3/t15-,19+/m0/s1. The van der Waals surface area contributed by atoms with E-state index in [-0.39, 0.29) is 17.0 Å². The topological polar surface area (TPSA) is 63.2 Å². The molecule has 0 unspecified atom stereocenters. The van der Waals surface area contributed by atoms with Crippen LogP contribution in [-0.2, 0) is 14.8 Å². The fourth-order valence-corrected chi connectivity index (χ4v) is 7.25. The monoisotopic (exact) mass is 381 g/mol. The molecule has 2 atom stereocenters. The van der Waals surface area contributed by atoms with Crippen molar-refractivity contribution in [2.45, 2.75) is 44.4 Å². The van der Waals surface area contributed by atoms with Crippen molar-refractivity contribution in [1.29, 1.82) is 0 Å². The van der Waals surface area contributed by atoms with Crippen LogP contribution < -0.4 is 4.72 Å². The van der Waals surface area contributed by atoms with Crippen molar-refractivity contribution >= 4 is 27.6 Å². The molecule has 2 saturated carbocycles. The van der Waals surface area contributed by atoms with Gasteiger partial charge in [0.05, 0.1) is 5.75 Å². The summed E-state index contributed by atoms with van der Waals surface area (Å²) < 4.78 is 27.8. The van der Waals surface area contributed by atoms with E-state index in [1.54, 1.807) is 11.8 Å². The van der Waals surface area contributed by atoms with Crippen molar-refractivity contribution < 1.29 is 13.2 Å². The van der Waals surface area contributed by atoms with Gasteiger partial charge in [-0.15, -0.1) is 11.8 Å². The van der Waals surface area contributed by atoms with Crippen LogP contribution in [0.3, 0.4) is 0 Å². The molecule has 2 fully saturated rings. The zero-order valence-electron chi connectivity index (χ0n) is 15.0. The van der Waals surface area contributed by atoms with E-state index in [2.05, 4.69) is 30.7 Å². The Kier molecular flexibility index (Phi) is 5.33. The molecule has 0 heterocycles. The number of fused-ring (bicyclic) bond motifs is 2. The van der Waals surface area contributed by atoms with Crippen LogP contribution in [0.15, 0.2) is 35.2 Å². The molecule has 2 aliphatic rings. The molecule has 4 nitrogen and oxygen atoms in total. The van der Waals surface area contributed by atoms with Crippen molar-refractivity contribution in [3.05, 3.63) is 30.3 Å². The van der Waals surface area contributed by atoms with E-state index >= 15 is 0 Å². The van der Waals surface area contributed by atoms with E-state index in [9.17, 15) is 13.2 Å². The first-order chi connectivity index (χ1) is 11.8. The second-order valence-electron chi connectivity index (χ2n) is 7.84. The molecule has 1 aromatic carbocycles. The molecule has 2 aliphatic carbocycles. The summed E-state index contributed by atoms with van der Waals surface area (Å²) in [5.74, 6) is 1.31. The zero-order valence-corrected chi connectivity index (χ0v) is 16.6. The Bertz CT molecular complexity index is 730. The molecular formula is C19H27NO3S2. The summed E-state index contributed by atoms with van der Waals surface area (Å²) in [5.41, 5.74) is -0.885. The predicted molar refractivity (Wildman–Crippen MR) is 102 cm³/mol. The largest absolute Gasteiger partial charge is 0.299 e. The van der Waals surface area contributed by atoms with Crippen LogP contribution in [-0.4, -0.2) is 32.3 Å². The molecule has 0 amide bonds. The minimum atomic E-state index is -3.44. The normalized spacial score (nSPS) is 27.8. The molecule has 138 valence electrons. The number of sulfonamides is 1. The molecule has 3 rings (SSSR count). The van der Waals surface area contributed by atoms with E-state index in [1.165, 1.54) is 4.90 Å². The number of carbonyl (C=O) groups is 1. The number of nitrogens with one attached hydrogen (secondary N) is 1. The number of hydrogen-bond acceptors (Lipinski definition) is 4. The van der Waals surface area contributed by atoms with Crippen molar-refractivity contribution in [1.82, 2.24) is 4.72 Å². The third-order valence-electron chi connectivity index (χ3n) is 6.23. The van der Waals surface area contributed by atoms with Gasteiger partial charge in [-0.05, 0) is 48.5 Å². The third kappa shape index (κ3) is 3.67. The highest BCUT2D eigenvalue weighted by Gasteiger charge is 2.65. The molecule has 2 bridgehead atoms. The minimum Gasteiger partial charge on any atom is -0.299 e. The minimum absolute atomic E-state index is 0.0475. The summed E-state index contributed by atoms with van der Waals surface area (Å²) in [7, 11) is -3.44. The van der Waals surface area contributed by atoms with Gasteiger partial charge in [0.2, 0.25) is 10.0 Å². The Balaban J connectivity index is 1.50. The fraction of sp³-hybridized carbons (Fsp3) is 0.632. The fourth-order valence-electron chi connectivity index (χ4n) is 4.49. The molecule has 0 aromatic heterocycles. The summed E-state index contributed by atoms with van der Waals surface area (Å²) in [6.45, 7) is 4.57. The third-order valence-corrected chi connectivity index (χ3v) is 8.85. The quantitative estimate of drug-likeness (QED) is 0.553. The van der Waals surface area contributed by atoms with Crippen molar-refractivity contribution in [2.24, 2.45) is 16.7 Å². The van der Waals surface area contributed by atoms with Crippen LogP contribution in [0.25, 0.3) is 0 Å². The summed E-state index contributed by atoms with van der Waals surface area (Å²) in [6.07, 6.45) is 3.01. The maximum Gasteiger partial charge on any atom is 0.212 e. The van der Waals surface area contributed by atoms with Crippen molar-refractivity contribution in [3.8, 4) is 0 Å². The molecule has 0 radical (unpaired) electrons. The van der Waals surface area contributed by atoms with Crippen LogP contribution in [0.4, 0.5) is 0 Å². The van der Waals surface area contributed by atoms with Gasteiger partial charge in [-0.2, -0.15) is 0 Å². The average molecular weight is 382 g/mol. The predicted octanol–water partition coefficient (Wildman–Crippen LogP) is 3.48. The lowest BCUT2D eigenvalue weighted by atomic mass is 9.70. The lowest BCUT2D eigenvalue weighted by Gasteiger charge is -2.36. The SMILES string of the molecule is CC1(C)[C@H]2CC[C@@]1(CS(=O)(=O)NCCCSc1ccccc1)C(=O)C2. The zero-order chi connectivity index (χ0) is 18.1.